The monoisotopic (exact) mass is 299 g/mol. The molecular weight excluding hydrogens is 270 g/mol. The lowest BCUT2D eigenvalue weighted by atomic mass is 10.2. The summed E-state index contributed by atoms with van der Waals surface area (Å²) in [6.07, 6.45) is 5.67. The van der Waals surface area contributed by atoms with Gasteiger partial charge in [0.05, 0.1) is 13.2 Å². The van der Waals surface area contributed by atoms with E-state index in [-0.39, 0.29) is 17.0 Å². The number of hydrogen-bond acceptors (Lipinski definition) is 3. The highest BCUT2D eigenvalue weighted by Crippen LogP contribution is 2.37. The zero-order chi connectivity index (χ0) is 16.0. The van der Waals surface area contributed by atoms with Crippen LogP contribution in [0.4, 0.5) is 0 Å². The molecule has 0 heterocycles. The lowest BCUT2D eigenvalue weighted by molar-refractivity contribution is -0.162. The molecule has 0 saturated heterocycles. The molecule has 1 atom stereocenters. The van der Waals surface area contributed by atoms with Crippen LogP contribution in [0, 0.1) is 0 Å². The minimum atomic E-state index is -1.82. The van der Waals surface area contributed by atoms with Gasteiger partial charge in [0, 0.05) is 13.1 Å². The maximum atomic E-state index is 11.5. The molecule has 0 fully saturated rings. The lowest BCUT2D eigenvalue weighted by Gasteiger charge is -2.38. The van der Waals surface area contributed by atoms with Gasteiger partial charge in [-0.2, -0.15) is 0 Å². The van der Waals surface area contributed by atoms with E-state index in [4.69, 9.17) is 9.26 Å². The van der Waals surface area contributed by atoms with Gasteiger partial charge in [-0.25, -0.2) is 5.06 Å². The molecule has 0 spiro atoms. The third-order valence-corrected chi connectivity index (χ3v) is 8.23. The molecule has 20 heavy (non-hydrogen) atoms. The molecule has 1 amide bonds. The zero-order valence-electron chi connectivity index (χ0n) is 13.9. The molecule has 0 unspecified atom stereocenters. The van der Waals surface area contributed by atoms with Crippen LogP contribution < -0.4 is 0 Å². The normalized spacial score (nSPS) is 14.3. The Morgan fingerprint density at radius 3 is 2.35 bits per heavy atom. The van der Waals surface area contributed by atoms with E-state index in [0.717, 1.165) is 0 Å². The number of amides is 1. The van der Waals surface area contributed by atoms with Gasteiger partial charge in [-0.05, 0) is 24.6 Å². The summed E-state index contributed by atoms with van der Waals surface area (Å²) < 4.78 is 6.23. The van der Waals surface area contributed by atoms with E-state index in [9.17, 15) is 4.79 Å². The topological polar surface area (TPSA) is 38.8 Å². The highest BCUT2D eigenvalue weighted by molar-refractivity contribution is 6.74. The number of likely N-dealkylation sites (N-methyl/N-ethyl adjacent to an activating group) is 1. The Bertz CT molecular complexity index is 359. The van der Waals surface area contributed by atoms with Crippen LogP contribution in [0.5, 0.6) is 0 Å². The van der Waals surface area contributed by atoms with Gasteiger partial charge >= 0.3 is 0 Å². The fraction of sp³-hybridized carbons (Fsp3) is 0.667. The second-order valence-electron chi connectivity index (χ2n) is 6.31. The third kappa shape index (κ3) is 6.03. The van der Waals surface area contributed by atoms with E-state index in [0.29, 0.717) is 6.42 Å². The number of carbonyl (C=O) groups excluding carboxylic acids is 1. The predicted octanol–water partition coefficient (Wildman–Crippen LogP) is 3.53. The van der Waals surface area contributed by atoms with E-state index < -0.39 is 8.32 Å². The van der Waals surface area contributed by atoms with Crippen LogP contribution >= 0.6 is 0 Å². The largest absolute Gasteiger partial charge is 0.410 e. The molecule has 0 aromatic rings. The summed E-state index contributed by atoms with van der Waals surface area (Å²) in [5.41, 5.74) is 0. The molecule has 0 aliphatic carbocycles. The molecule has 0 aromatic heterocycles. The number of rotatable bonds is 7. The Labute approximate surface area is 124 Å². The van der Waals surface area contributed by atoms with Crippen LogP contribution in [0.1, 0.15) is 27.2 Å². The van der Waals surface area contributed by atoms with E-state index >= 15 is 0 Å². The van der Waals surface area contributed by atoms with Crippen LogP contribution in [0.15, 0.2) is 24.8 Å². The Morgan fingerprint density at radius 2 is 1.95 bits per heavy atom. The minimum Gasteiger partial charge on any atom is -0.410 e. The first kappa shape index (κ1) is 19.1. The first-order chi connectivity index (χ1) is 9.05. The predicted molar refractivity (Wildman–Crippen MR) is 85.8 cm³/mol. The summed E-state index contributed by atoms with van der Waals surface area (Å²) in [4.78, 5) is 16.4. The number of hydrogen-bond donors (Lipinski definition) is 0. The molecule has 116 valence electrons. The molecule has 0 saturated carbocycles. The Morgan fingerprint density at radius 1 is 1.40 bits per heavy atom. The zero-order valence-corrected chi connectivity index (χ0v) is 14.9. The summed E-state index contributed by atoms with van der Waals surface area (Å²) in [6.45, 7) is 14.8. The van der Waals surface area contributed by atoms with E-state index in [1.54, 1.807) is 19.2 Å². The average Bonchev–Trinajstić information content (AvgIpc) is 2.34. The van der Waals surface area contributed by atoms with Gasteiger partial charge in [-0.3, -0.25) is 9.63 Å². The van der Waals surface area contributed by atoms with E-state index in [1.165, 1.54) is 18.2 Å². The molecule has 0 radical (unpaired) electrons. The Balaban J connectivity index is 4.55. The summed E-state index contributed by atoms with van der Waals surface area (Å²) in [6, 6.07) is 0. The first-order valence-electron chi connectivity index (χ1n) is 6.84. The second kappa shape index (κ2) is 7.76. The van der Waals surface area contributed by atoms with Crippen LogP contribution in [-0.4, -0.2) is 39.5 Å². The molecule has 0 bridgehead atoms. The van der Waals surface area contributed by atoms with Crippen molar-refractivity contribution < 1.29 is 14.1 Å². The minimum absolute atomic E-state index is 0.0622. The van der Waals surface area contributed by atoms with Gasteiger partial charge in [-0.15, -0.1) is 6.58 Å². The highest BCUT2D eigenvalue weighted by atomic mass is 28.4. The Kier molecular flexibility index (Phi) is 7.41. The molecule has 0 aromatic carbocycles. The number of nitrogens with zero attached hydrogens (tertiary/aromatic N) is 1. The first-order valence-corrected chi connectivity index (χ1v) is 9.74. The van der Waals surface area contributed by atoms with E-state index in [2.05, 4.69) is 40.4 Å². The van der Waals surface area contributed by atoms with Gasteiger partial charge in [0.2, 0.25) is 0 Å². The fourth-order valence-electron chi connectivity index (χ4n) is 1.25. The molecular formula is C15H29NO3Si. The molecule has 0 aliphatic rings. The number of hydroxylamine groups is 2. The van der Waals surface area contributed by atoms with Crippen molar-refractivity contribution in [2.24, 2.45) is 0 Å². The van der Waals surface area contributed by atoms with Crippen LogP contribution in [0.3, 0.4) is 0 Å². The van der Waals surface area contributed by atoms with Gasteiger partial charge in [0.25, 0.3) is 5.91 Å². The van der Waals surface area contributed by atoms with Crippen molar-refractivity contribution in [2.45, 2.75) is 51.4 Å². The molecule has 0 rings (SSSR count). The maximum absolute atomic E-state index is 11.5. The molecule has 4 nitrogen and oxygen atoms in total. The second-order valence-corrected chi connectivity index (χ2v) is 11.1. The van der Waals surface area contributed by atoms with Gasteiger partial charge < -0.3 is 4.43 Å². The van der Waals surface area contributed by atoms with Crippen molar-refractivity contribution in [1.82, 2.24) is 5.06 Å². The van der Waals surface area contributed by atoms with Crippen molar-refractivity contribution in [2.75, 3.05) is 14.2 Å². The standard InChI is InChI=1S/C15H29NO3Si/c1-9-13(19-20(7,8)15(2,3)4)11-10-12-14(17)16(5)18-6/h9-10,12-13H,1,11H2,2-8H3/b12-10+/t13-/m1/s1. The molecule has 0 aliphatic heterocycles. The quantitative estimate of drug-likeness (QED) is 0.312. The van der Waals surface area contributed by atoms with Gasteiger partial charge in [-0.1, -0.05) is 32.9 Å². The Hall–Kier alpha value is -0.913. The highest BCUT2D eigenvalue weighted by Gasteiger charge is 2.38. The fourth-order valence-corrected chi connectivity index (χ4v) is 2.55. The van der Waals surface area contributed by atoms with E-state index in [1.807, 2.05) is 0 Å². The SMILES string of the molecule is C=C[C@H](C/C=C/C(=O)N(C)OC)O[Si](C)(C)C(C)(C)C. The van der Waals surface area contributed by atoms with Crippen LogP contribution in [0.25, 0.3) is 0 Å². The summed E-state index contributed by atoms with van der Waals surface area (Å²) in [7, 11) is 1.21. The van der Waals surface area contributed by atoms with Gasteiger partial charge in [0.15, 0.2) is 8.32 Å². The van der Waals surface area contributed by atoms with Crippen molar-refractivity contribution >= 4 is 14.2 Å². The summed E-state index contributed by atoms with van der Waals surface area (Å²) in [5, 5.41) is 1.33. The van der Waals surface area contributed by atoms with Crippen molar-refractivity contribution in [3.8, 4) is 0 Å². The maximum Gasteiger partial charge on any atom is 0.269 e. The van der Waals surface area contributed by atoms with Crippen LogP contribution in [-0.2, 0) is 14.1 Å². The molecule has 5 heteroatoms. The summed E-state index contributed by atoms with van der Waals surface area (Å²) in [5.74, 6) is -0.192. The smallest absolute Gasteiger partial charge is 0.269 e. The lowest BCUT2D eigenvalue weighted by Crippen LogP contribution is -2.43. The third-order valence-electron chi connectivity index (χ3n) is 3.73. The average molecular weight is 299 g/mol. The van der Waals surface area contributed by atoms with Gasteiger partial charge in [0.1, 0.15) is 0 Å². The van der Waals surface area contributed by atoms with Crippen LogP contribution in [0.2, 0.25) is 18.1 Å². The van der Waals surface area contributed by atoms with Crippen molar-refractivity contribution in [3.05, 3.63) is 24.8 Å². The van der Waals surface area contributed by atoms with Crippen molar-refractivity contribution in [3.63, 3.8) is 0 Å². The molecule has 0 N–H and O–H groups in total. The number of carbonyl (C=O) groups is 1. The van der Waals surface area contributed by atoms with Crippen molar-refractivity contribution in [1.29, 1.82) is 0 Å². The summed E-state index contributed by atoms with van der Waals surface area (Å²) >= 11 is 0.